The molecule has 0 fully saturated rings. The maximum Gasteiger partial charge on any atom is 0.326 e. The van der Waals surface area contributed by atoms with Crippen LogP contribution in [-0.4, -0.2) is 77.1 Å². The second-order valence-electron chi connectivity index (χ2n) is 10.4. The largest absolute Gasteiger partial charge is 0.508 e. The van der Waals surface area contributed by atoms with Gasteiger partial charge in [-0.1, -0.05) is 42.5 Å². The molecule has 44 heavy (non-hydrogen) atoms. The molecule has 0 radical (unpaired) electrons. The number of carboxylic acid groups (broad SMARTS) is 1. The summed E-state index contributed by atoms with van der Waals surface area (Å²) in [6, 6.07) is 10.7. The molecule has 0 saturated heterocycles. The Balaban J connectivity index is 2.18. The summed E-state index contributed by atoms with van der Waals surface area (Å²) >= 11 is 0. The van der Waals surface area contributed by atoms with Crippen molar-refractivity contribution in [1.82, 2.24) is 16.0 Å². The monoisotopic (exact) mass is 612 g/mol. The zero-order chi connectivity index (χ0) is 32.5. The highest BCUT2D eigenvalue weighted by molar-refractivity contribution is 5.94. The average Bonchev–Trinajstić information content (AvgIpc) is 2.99. The lowest BCUT2D eigenvalue weighted by Crippen LogP contribution is -2.57. The number of nitrogens with zero attached hydrogens (tertiary/aromatic N) is 1. The molecular weight excluding hydrogens is 568 g/mol. The fourth-order valence-electron chi connectivity index (χ4n) is 4.39. The first-order chi connectivity index (χ1) is 21.0. The number of carbonyl (C=O) groups is 4. The van der Waals surface area contributed by atoms with Gasteiger partial charge in [-0.25, -0.2) is 4.79 Å². The van der Waals surface area contributed by atoms with Crippen LogP contribution in [0, 0.1) is 0 Å². The van der Waals surface area contributed by atoms with Crippen LogP contribution in [0.2, 0.25) is 0 Å². The summed E-state index contributed by atoms with van der Waals surface area (Å²) in [6.45, 7) is 0.569. The van der Waals surface area contributed by atoms with Crippen LogP contribution in [0.1, 0.15) is 43.2 Å². The lowest BCUT2D eigenvalue weighted by molar-refractivity contribution is -0.142. The molecule has 240 valence electrons. The first-order valence-corrected chi connectivity index (χ1v) is 14.5. The van der Waals surface area contributed by atoms with E-state index in [-0.39, 0.29) is 43.9 Å². The van der Waals surface area contributed by atoms with Gasteiger partial charge in [-0.3, -0.25) is 19.4 Å². The van der Waals surface area contributed by atoms with Crippen LogP contribution in [-0.2, 0) is 32.0 Å². The Labute approximate surface area is 256 Å². The van der Waals surface area contributed by atoms with Crippen LogP contribution >= 0.6 is 0 Å². The molecule has 0 saturated carbocycles. The molecule has 4 atom stereocenters. The number of hydrogen-bond donors (Lipinski definition) is 9. The molecule has 0 spiro atoms. The van der Waals surface area contributed by atoms with Crippen molar-refractivity contribution in [3.05, 3.63) is 65.7 Å². The number of aliphatic imine (C=N–C) groups is 1. The number of carboxylic acids is 1. The predicted molar refractivity (Wildman–Crippen MR) is 166 cm³/mol. The van der Waals surface area contributed by atoms with Gasteiger partial charge in [0, 0.05) is 13.0 Å². The van der Waals surface area contributed by atoms with Gasteiger partial charge in [0.15, 0.2) is 5.96 Å². The fourth-order valence-corrected chi connectivity index (χ4v) is 4.39. The predicted octanol–water partition coefficient (Wildman–Crippen LogP) is -0.774. The summed E-state index contributed by atoms with van der Waals surface area (Å²) in [5.74, 6) is -3.26. The van der Waals surface area contributed by atoms with Crippen molar-refractivity contribution in [2.45, 2.75) is 69.1 Å². The van der Waals surface area contributed by atoms with Crippen molar-refractivity contribution < 1.29 is 29.4 Å². The van der Waals surface area contributed by atoms with Crippen molar-refractivity contribution in [3.8, 4) is 5.75 Å². The second-order valence-corrected chi connectivity index (χ2v) is 10.4. The van der Waals surface area contributed by atoms with Gasteiger partial charge in [0.2, 0.25) is 17.7 Å². The Morgan fingerprint density at radius 2 is 1.27 bits per heavy atom. The Kier molecular flexibility index (Phi) is 15.1. The molecule has 0 aliphatic rings. The molecule has 0 heterocycles. The zero-order valence-corrected chi connectivity index (χ0v) is 24.7. The first kappa shape index (κ1) is 35.5. The van der Waals surface area contributed by atoms with Gasteiger partial charge in [-0.2, -0.15) is 0 Å². The SMILES string of the molecule is NCCCC[C@H](NC(=O)[C@H](CCCN=C(N)N)NC(=O)[C@@H](N)Cc1ccccc1)C(=O)N[C@@H](Cc1ccc(O)cc1)C(=O)O. The number of phenols is 1. The van der Waals surface area contributed by atoms with Crippen molar-refractivity contribution in [1.29, 1.82) is 0 Å². The summed E-state index contributed by atoms with van der Waals surface area (Å²) in [5.41, 5.74) is 24.0. The van der Waals surface area contributed by atoms with Crippen molar-refractivity contribution in [2.24, 2.45) is 27.9 Å². The zero-order valence-electron chi connectivity index (χ0n) is 24.7. The van der Waals surface area contributed by atoms with E-state index < -0.39 is 47.9 Å². The van der Waals surface area contributed by atoms with Crippen molar-refractivity contribution in [2.75, 3.05) is 13.1 Å². The van der Waals surface area contributed by atoms with Gasteiger partial charge in [0.1, 0.15) is 23.9 Å². The van der Waals surface area contributed by atoms with E-state index in [0.29, 0.717) is 31.4 Å². The average molecular weight is 613 g/mol. The Bertz CT molecular complexity index is 1240. The van der Waals surface area contributed by atoms with Crippen LogP contribution < -0.4 is 38.9 Å². The van der Waals surface area contributed by atoms with E-state index in [1.54, 1.807) is 12.1 Å². The highest BCUT2D eigenvalue weighted by atomic mass is 16.4. The molecule has 0 unspecified atom stereocenters. The number of amides is 3. The van der Waals surface area contributed by atoms with E-state index in [0.717, 1.165) is 5.56 Å². The van der Waals surface area contributed by atoms with Gasteiger partial charge >= 0.3 is 5.97 Å². The molecule has 0 aliphatic carbocycles. The third-order valence-electron chi connectivity index (χ3n) is 6.78. The summed E-state index contributed by atoms with van der Waals surface area (Å²) < 4.78 is 0. The third kappa shape index (κ3) is 13.1. The van der Waals surface area contributed by atoms with Gasteiger partial charge < -0.3 is 49.1 Å². The minimum Gasteiger partial charge on any atom is -0.508 e. The number of nitrogens with one attached hydrogen (secondary N) is 3. The second kappa shape index (κ2) is 18.8. The van der Waals surface area contributed by atoms with E-state index in [2.05, 4.69) is 20.9 Å². The molecule has 2 aromatic rings. The molecule has 0 bridgehead atoms. The van der Waals surface area contributed by atoms with Gasteiger partial charge in [-0.05, 0) is 68.3 Å². The smallest absolute Gasteiger partial charge is 0.326 e. The number of carbonyl (C=O) groups excluding carboxylic acids is 3. The van der Waals surface area contributed by atoms with Gasteiger partial charge in [-0.15, -0.1) is 0 Å². The Morgan fingerprint density at radius 1 is 0.727 bits per heavy atom. The summed E-state index contributed by atoms with van der Waals surface area (Å²) in [4.78, 5) is 55.7. The fraction of sp³-hybridized carbons (Fsp3) is 0.433. The lowest BCUT2D eigenvalue weighted by Gasteiger charge is -2.25. The Hall–Kier alpha value is -4.69. The maximum atomic E-state index is 13.5. The highest BCUT2D eigenvalue weighted by Crippen LogP contribution is 2.12. The van der Waals surface area contributed by atoms with Crippen molar-refractivity contribution in [3.63, 3.8) is 0 Å². The molecule has 0 aromatic heterocycles. The normalized spacial score (nSPS) is 13.5. The molecule has 13 N–H and O–H groups in total. The van der Waals surface area contributed by atoms with Gasteiger partial charge in [0.05, 0.1) is 6.04 Å². The van der Waals surface area contributed by atoms with Crippen LogP contribution in [0.4, 0.5) is 0 Å². The van der Waals surface area contributed by atoms with Gasteiger partial charge in [0.25, 0.3) is 0 Å². The highest BCUT2D eigenvalue weighted by Gasteiger charge is 2.30. The van der Waals surface area contributed by atoms with E-state index in [4.69, 9.17) is 22.9 Å². The number of rotatable bonds is 19. The van der Waals surface area contributed by atoms with E-state index in [1.165, 1.54) is 12.1 Å². The van der Waals surface area contributed by atoms with Crippen LogP contribution in [0.15, 0.2) is 59.6 Å². The number of guanidine groups is 1. The Morgan fingerprint density at radius 3 is 1.84 bits per heavy atom. The number of phenolic OH excluding ortho intramolecular Hbond substituents is 1. The van der Waals surface area contributed by atoms with E-state index >= 15 is 0 Å². The molecule has 2 aromatic carbocycles. The minimum atomic E-state index is -1.30. The minimum absolute atomic E-state index is 0.0216. The molecular formula is C30H44N8O6. The third-order valence-corrected chi connectivity index (χ3v) is 6.78. The van der Waals surface area contributed by atoms with Crippen LogP contribution in [0.3, 0.4) is 0 Å². The lowest BCUT2D eigenvalue weighted by atomic mass is 10.0. The number of hydrogen-bond acceptors (Lipinski definition) is 8. The number of unbranched alkanes of at least 4 members (excludes halogenated alkanes) is 1. The van der Waals surface area contributed by atoms with E-state index in [9.17, 15) is 29.4 Å². The van der Waals surface area contributed by atoms with Crippen LogP contribution in [0.5, 0.6) is 5.75 Å². The molecule has 0 aliphatic heterocycles. The summed E-state index contributed by atoms with van der Waals surface area (Å²) in [7, 11) is 0. The van der Waals surface area contributed by atoms with E-state index in [1.807, 2.05) is 30.3 Å². The maximum absolute atomic E-state index is 13.5. The number of aliphatic carboxylic acids is 1. The number of nitrogens with two attached hydrogens (primary N) is 4. The number of aromatic hydroxyl groups is 1. The quantitative estimate of drug-likeness (QED) is 0.0543. The first-order valence-electron chi connectivity index (χ1n) is 14.5. The molecule has 14 nitrogen and oxygen atoms in total. The van der Waals surface area contributed by atoms with Crippen LogP contribution in [0.25, 0.3) is 0 Å². The molecule has 3 amide bonds. The topological polar surface area (TPSA) is 261 Å². The molecule has 14 heteroatoms. The van der Waals surface area contributed by atoms with Crippen molar-refractivity contribution >= 4 is 29.7 Å². The standard InChI is InChI=1S/C30H44N8O6/c31-15-5-4-9-23(28(42)38-25(29(43)44)18-20-11-13-21(39)14-12-20)37-27(41)24(10-6-16-35-30(33)34)36-26(40)22(32)17-19-7-2-1-3-8-19/h1-3,7-8,11-14,22-25,39H,4-6,9-10,15-18,31-32H2,(H,36,40)(H,37,41)(H,38,42)(H,43,44)(H4,33,34,35)/t22-,23-,24-,25-/m0/s1. The summed E-state index contributed by atoms with van der Waals surface area (Å²) in [6.07, 6.45) is 1.91. The molecule has 2 rings (SSSR count). The summed E-state index contributed by atoms with van der Waals surface area (Å²) in [5, 5.41) is 27.1. The number of benzene rings is 2.